The zero-order chi connectivity index (χ0) is 10.1. The number of anilines is 1. The second kappa shape index (κ2) is 3.32. The van der Waals surface area contributed by atoms with Gasteiger partial charge in [-0.05, 0) is 36.5 Å². The average molecular weight is 187 g/mol. The normalized spacial score (nSPS) is 17.4. The second-order valence-electron chi connectivity index (χ2n) is 3.82. The molecule has 1 fully saturated rings. The predicted molar refractivity (Wildman–Crippen MR) is 55.2 cm³/mol. The van der Waals surface area contributed by atoms with E-state index in [9.17, 15) is 0 Å². The standard InChI is InChI=1S/C11H13N3/c12-6-8-5-9(13)3-4-10(8)11(14)7-1-2-7/h3-5,7,11H,1-2,13-14H2/t11-/m0/s1. The van der Waals surface area contributed by atoms with Gasteiger partial charge in [0.05, 0.1) is 11.6 Å². The van der Waals surface area contributed by atoms with E-state index in [-0.39, 0.29) is 6.04 Å². The summed E-state index contributed by atoms with van der Waals surface area (Å²) in [6, 6.07) is 7.51. The zero-order valence-corrected chi connectivity index (χ0v) is 7.90. The van der Waals surface area contributed by atoms with Crippen molar-refractivity contribution in [3.63, 3.8) is 0 Å². The molecule has 3 heteroatoms. The van der Waals surface area contributed by atoms with Gasteiger partial charge in [-0.2, -0.15) is 5.26 Å². The minimum absolute atomic E-state index is 0.00486. The van der Waals surface area contributed by atoms with Crippen LogP contribution in [-0.4, -0.2) is 0 Å². The Bertz CT molecular complexity index is 388. The molecule has 2 rings (SSSR count). The molecule has 0 aromatic heterocycles. The first-order valence-corrected chi connectivity index (χ1v) is 4.77. The minimum Gasteiger partial charge on any atom is -0.399 e. The van der Waals surface area contributed by atoms with Gasteiger partial charge in [0, 0.05) is 11.7 Å². The Morgan fingerprint density at radius 3 is 2.71 bits per heavy atom. The van der Waals surface area contributed by atoms with Gasteiger partial charge in [-0.25, -0.2) is 0 Å². The maximum atomic E-state index is 8.93. The van der Waals surface area contributed by atoms with Crippen LogP contribution in [0.2, 0.25) is 0 Å². The molecule has 1 saturated carbocycles. The highest BCUT2D eigenvalue weighted by Gasteiger charge is 2.30. The lowest BCUT2D eigenvalue weighted by atomic mass is 9.98. The summed E-state index contributed by atoms with van der Waals surface area (Å²) >= 11 is 0. The number of benzene rings is 1. The molecule has 1 aliphatic carbocycles. The third kappa shape index (κ3) is 1.57. The van der Waals surface area contributed by atoms with E-state index in [1.54, 1.807) is 12.1 Å². The van der Waals surface area contributed by atoms with Crippen molar-refractivity contribution >= 4 is 5.69 Å². The van der Waals surface area contributed by atoms with Crippen LogP contribution in [0.15, 0.2) is 18.2 Å². The summed E-state index contributed by atoms with van der Waals surface area (Å²) < 4.78 is 0. The molecule has 0 amide bonds. The van der Waals surface area contributed by atoms with Gasteiger partial charge in [-0.3, -0.25) is 0 Å². The van der Waals surface area contributed by atoms with Crippen molar-refractivity contribution in [2.45, 2.75) is 18.9 Å². The van der Waals surface area contributed by atoms with E-state index in [0.29, 0.717) is 17.2 Å². The van der Waals surface area contributed by atoms with Crippen LogP contribution in [0, 0.1) is 17.2 Å². The first-order valence-electron chi connectivity index (χ1n) is 4.77. The van der Waals surface area contributed by atoms with Gasteiger partial charge >= 0.3 is 0 Å². The topological polar surface area (TPSA) is 75.8 Å². The number of nitriles is 1. The molecule has 0 aliphatic heterocycles. The van der Waals surface area contributed by atoms with Crippen molar-refractivity contribution in [1.82, 2.24) is 0 Å². The monoisotopic (exact) mass is 187 g/mol. The Morgan fingerprint density at radius 2 is 2.14 bits per heavy atom. The molecule has 0 bridgehead atoms. The molecule has 1 aromatic carbocycles. The summed E-state index contributed by atoms with van der Waals surface area (Å²) in [7, 11) is 0. The Balaban J connectivity index is 2.36. The van der Waals surface area contributed by atoms with Gasteiger partial charge in [-0.1, -0.05) is 6.07 Å². The van der Waals surface area contributed by atoms with E-state index in [1.807, 2.05) is 6.07 Å². The lowest BCUT2D eigenvalue weighted by molar-refractivity contribution is 0.632. The fourth-order valence-electron chi connectivity index (χ4n) is 1.67. The van der Waals surface area contributed by atoms with Crippen LogP contribution in [0.4, 0.5) is 5.69 Å². The van der Waals surface area contributed by atoms with E-state index >= 15 is 0 Å². The van der Waals surface area contributed by atoms with Crippen LogP contribution in [-0.2, 0) is 0 Å². The summed E-state index contributed by atoms with van der Waals surface area (Å²) in [6.07, 6.45) is 2.35. The van der Waals surface area contributed by atoms with E-state index < -0.39 is 0 Å². The molecule has 0 spiro atoms. The molecule has 1 aromatic rings. The number of hydrogen-bond acceptors (Lipinski definition) is 3. The van der Waals surface area contributed by atoms with Gasteiger partial charge in [0.25, 0.3) is 0 Å². The van der Waals surface area contributed by atoms with Crippen molar-refractivity contribution in [3.8, 4) is 6.07 Å². The minimum atomic E-state index is 0.00486. The van der Waals surface area contributed by atoms with Crippen LogP contribution in [0.25, 0.3) is 0 Å². The van der Waals surface area contributed by atoms with Crippen molar-refractivity contribution in [1.29, 1.82) is 5.26 Å². The van der Waals surface area contributed by atoms with Crippen molar-refractivity contribution < 1.29 is 0 Å². The Kier molecular flexibility index (Phi) is 2.14. The molecule has 14 heavy (non-hydrogen) atoms. The predicted octanol–water partition coefficient (Wildman–Crippen LogP) is 1.55. The third-order valence-electron chi connectivity index (χ3n) is 2.69. The quantitative estimate of drug-likeness (QED) is 0.690. The first-order chi connectivity index (χ1) is 6.72. The van der Waals surface area contributed by atoms with Crippen LogP contribution in [0.3, 0.4) is 0 Å². The summed E-state index contributed by atoms with van der Waals surface area (Å²) in [5.41, 5.74) is 13.8. The van der Waals surface area contributed by atoms with Crippen molar-refractivity contribution in [2.24, 2.45) is 11.7 Å². The molecular formula is C11H13N3. The lowest BCUT2D eigenvalue weighted by Gasteiger charge is -2.12. The number of hydrogen-bond donors (Lipinski definition) is 2. The summed E-state index contributed by atoms with van der Waals surface area (Å²) in [6.45, 7) is 0. The maximum absolute atomic E-state index is 8.93. The van der Waals surface area contributed by atoms with Crippen LogP contribution >= 0.6 is 0 Å². The van der Waals surface area contributed by atoms with Crippen molar-refractivity contribution in [3.05, 3.63) is 29.3 Å². The highest BCUT2D eigenvalue weighted by Crippen LogP contribution is 2.40. The molecular weight excluding hydrogens is 174 g/mol. The van der Waals surface area contributed by atoms with Gasteiger partial charge in [0.2, 0.25) is 0 Å². The SMILES string of the molecule is N#Cc1cc(N)ccc1[C@@H](N)C1CC1. The molecule has 72 valence electrons. The number of nitrogen functional groups attached to an aromatic ring is 1. The average Bonchev–Trinajstić information content (AvgIpc) is 3.00. The maximum Gasteiger partial charge on any atom is 0.0995 e. The summed E-state index contributed by atoms with van der Waals surface area (Å²) in [4.78, 5) is 0. The number of nitrogens with zero attached hydrogens (tertiary/aromatic N) is 1. The van der Waals surface area contributed by atoms with Crippen LogP contribution in [0.1, 0.15) is 30.0 Å². The third-order valence-corrected chi connectivity index (χ3v) is 2.69. The van der Waals surface area contributed by atoms with Crippen molar-refractivity contribution in [2.75, 3.05) is 5.73 Å². The zero-order valence-electron chi connectivity index (χ0n) is 7.90. The molecule has 3 nitrogen and oxygen atoms in total. The van der Waals surface area contributed by atoms with Gasteiger partial charge in [0.15, 0.2) is 0 Å². The van der Waals surface area contributed by atoms with Gasteiger partial charge < -0.3 is 11.5 Å². The molecule has 0 heterocycles. The smallest absolute Gasteiger partial charge is 0.0995 e. The van der Waals surface area contributed by atoms with E-state index in [2.05, 4.69) is 6.07 Å². The van der Waals surface area contributed by atoms with E-state index in [1.165, 1.54) is 12.8 Å². The van der Waals surface area contributed by atoms with E-state index in [4.69, 9.17) is 16.7 Å². The first kappa shape index (κ1) is 9.04. The highest BCUT2D eigenvalue weighted by atomic mass is 14.7. The lowest BCUT2D eigenvalue weighted by Crippen LogP contribution is -2.14. The van der Waals surface area contributed by atoms with E-state index in [0.717, 1.165) is 5.56 Å². The fourth-order valence-corrected chi connectivity index (χ4v) is 1.67. The van der Waals surface area contributed by atoms with Crippen LogP contribution < -0.4 is 11.5 Å². The van der Waals surface area contributed by atoms with Crippen LogP contribution in [0.5, 0.6) is 0 Å². The molecule has 0 saturated heterocycles. The Morgan fingerprint density at radius 1 is 1.43 bits per heavy atom. The van der Waals surface area contributed by atoms with Gasteiger partial charge in [-0.15, -0.1) is 0 Å². The Hall–Kier alpha value is -1.53. The largest absolute Gasteiger partial charge is 0.399 e. The summed E-state index contributed by atoms with van der Waals surface area (Å²) in [5.74, 6) is 0.561. The molecule has 4 N–H and O–H groups in total. The Labute approximate surface area is 83.3 Å². The fraction of sp³-hybridized carbons (Fsp3) is 0.364. The van der Waals surface area contributed by atoms with Gasteiger partial charge in [0.1, 0.15) is 0 Å². The molecule has 1 atom stereocenters. The second-order valence-corrected chi connectivity index (χ2v) is 3.82. The highest BCUT2D eigenvalue weighted by molar-refractivity contribution is 5.51. The molecule has 0 unspecified atom stereocenters. The summed E-state index contributed by atoms with van der Waals surface area (Å²) in [5, 5.41) is 8.93. The molecule has 0 radical (unpaired) electrons. The molecule has 1 aliphatic rings. The number of rotatable bonds is 2. The number of nitrogens with two attached hydrogens (primary N) is 2.